The molecule has 106 valence electrons. The maximum atomic E-state index is 9.65. The highest BCUT2D eigenvalue weighted by Gasteiger charge is 2.29. The lowest BCUT2D eigenvalue weighted by atomic mass is 9.84. The molecule has 0 spiro atoms. The van der Waals surface area contributed by atoms with Crippen LogP contribution in [0.5, 0.6) is 11.5 Å². The number of halogens is 1. The molecule has 2 aromatic carbocycles. The molecule has 20 heavy (non-hydrogen) atoms. The van der Waals surface area contributed by atoms with Gasteiger partial charge in [0.2, 0.25) is 0 Å². The third-order valence-electron chi connectivity index (χ3n) is 3.87. The van der Waals surface area contributed by atoms with Gasteiger partial charge in [-0.3, -0.25) is 0 Å². The Morgan fingerprint density at radius 1 is 0.800 bits per heavy atom. The first-order valence-corrected chi connectivity index (χ1v) is 6.53. The fraction of sp³-hybridized carbons (Fsp3) is 0.250. The van der Waals surface area contributed by atoms with E-state index in [1.54, 1.807) is 12.1 Å². The summed E-state index contributed by atoms with van der Waals surface area (Å²) in [7, 11) is 0. The van der Waals surface area contributed by atoms with Crippen LogP contribution in [-0.4, -0.2) is 23.3 Å². The normalized spacial score (nSPS) is 21.4. The quantitative estimate of drug-likeness (QED) is 0.739. The van der Waals surface area contributed by atoms with Crippen LogP contribution in [0.25, 0.3) is 0 Å². The van der Waals surface area contributed by atoms with Crippen LogP contribution in [0.3, 0.4) is 0 Å². The Labute approximate surface area is 129 Å². The van der Waals surface area contributed by atoms with Crippen molar-refractivity contribution in [1.82, 2.24) is 5.32 Å². The van der Waals surface area contributed by atoms with E-state index in [9.17, 15) is 10.2 Å². The van der Waals surface area contributed by atoms with E-state index in [-0.39, 0.29) is 28.5 Å². The molecule has 0 saturated carbocycles. The summed E-state index contributed by atoms with van der Waals surface area (Å²) >= 11 is 0. The monoisotopic (exact) mass is 335 g/mol. The van der Waals surface area contributed by atoms with E-state index in [2.05, 4.69) is 29.6 Å². The summed E-state index contributed by atoms with van der Waals surface area (Å²) in [4.78, 5) is 0. The SMILES string of the molecule is Br.Oc1ccc([C@H]2CNC[C@@H]2c2ccccc2)cc1O. The van der Waals surface area contributed by atoms with Gasteiger partial charge in [0.1, 0.15) is 0 Å². The number of aromatic hydroxyl groups is 2. The van der Waals surface area contributed by atoms with Crippen LogP contribution in [0.15, 0.2) is 48.5 Å². The highest BCUT2D eigenvalue weighted by Crippen LogP contribution is 2.38. The zero-order chi connectivity index (χ0) is 13.2. The summed E-state index contributed by atoms with van der Waals surface area (Å²) in [6.45, 7) is 1.83. The van der Waals surface area contributed by atoms with Crippen LogP contribution in [0.4, 0.5) is 0 Å². The molecule has 0 aromatic heterocycles. The van der Waals surface area contributed by atoms with Crippen LogP contribution in [0.1, 0.15) is 23.0 Å². The minimum absolute atomic E-state index is 0. The van der Waals surface area contributed by atoms with Crippen molar-refractivity contribution in [3.8, 4) is 11.5 Å². The summed E-state index contributed by atoms with van der Waals surface area (Å²) in [5, 5.41) is 22.5. The summed E-state index contributed by atoms with van der Waals surface area (Å²) in [5.41, 5.74) is 2.37. The predicted molar refractivity (Wildman–Crippen MR) is 84.9 cm³/mol. The Kier molecular flexibility index (Phi) is 4.68. The Balaban J connectivity index is 0.00000147. The molecule has 3 rings (SSSR count). The summed E-state index contributed by atoms with van der Waals surface area (Å²) in [6, 6.07) is 15.5. The van der Waals surface area contributed by atoms with Crippen LogP contribution in [0, 0.1) is 0 Å². The minimum atomic E-state index is -0.0639. The van der Waals surface area contributed by atoms with E-state index >= 15 is 0 Å². The highest BCUT2D eigenvalue weighted by molar-refractivity contribution is 8.93. The average molecular weight is 336 g/mol. The van der Waals surface area contributed by atoms with Gasteiger partial charge in [-0.2, -0.15) is 0 Å². The molecule has 3 N–H and O–H groups in total. The number of hydrogen-bond donors (Lipinski definition) is 3. The van der Waals surface area contributed by atoms with Crippen molar-refractivity contribution in [2.45, 2.75) is 11.8 Å². The molecule has 0 radical (unpaired) electrons. The van der Waals surface area contributed by atoms with Crippen LogP contribution in [0.2, 0.25) is 0 Å². The minimum Gasteiger partial charge on any atom is -0.504 e. The van der Waals surface area contributed by atoms with E-state index in [1.807, 2.05) is 12.1 Å². The Bertz CT molecular complexity index is 574. The standard InChI is InChI=1S/C16H17NO2.BrH/c18-15-7-6-12(8-16(15)19)14-10-17-9-13(14)11-4-2-1-3-5-11;/h1-8,13-14,17-19H,9-10H2;1H/t13-,14-;/m1./s1. The second-order valence-corrected chi connectivity index (χ2v) is 5.03. The van der Waals surface area contributed by atoms with Gasteiger partial charge >= 0.3 is 0 Å². The maximum absolute atomic E-state index is 9.65. The lowest BCUT2D eigenvalue weighted by Crippen LogP contribution is -2.08. The lowest BCUT2D eigenvalue weighted by Gasteiger charge is -2.19. The molecule has 3 nitrogen and oxygen atoms in total. The number of nitrogens with one attached hydrogen (secondary N) is 1. The van der Waals surface area contributed by atoms with Crippen molar-refractivity contribution in [3.63, 3.8) is 0 Å². The molecule has 4 heteroatoms. The third-order valence-corrected chi connectivity index (χ3v) is 3.87. The highest BCUT2D eigenvalue weighted by atomic mass is 79.9. The molecule has 1 heterocycles. The summed E-state index contributed by atoms with van der Waals surface area (Å²) in [5.74, 6) is 0.626. The summed E-state index contributed by atoms with van der Waals surface area (Å²) in [6.07, 6.45) is 0. The molecule has 0 amide bonds. The number of hydrogen-bond acceptors (Lipinski definition) is 3. The zero-order valence-corrected chi connectivity index (χ0v) is 12.7. The van der Waals surface area contributed by atoms with Crippen molar-refractivity contribution in [1.29, 1.82) is 0 Å². The second-order valence-electron chi connectivity index (χ2n) is 5.03. The number of phenolic OH excluding ortho intramolecular Hbond substituents is 2. The molecule has 1 aliphatic rings. The average Bonchev–Trinajstić information content (AvgIpc) is 2.92. The van der Waals surface area contributed by atoms with E-state index in [1.165, 1.54) is 5.56 Å². The van der Waals surface area contributed by atoms with Crippen molar-refractivity contribution >= 4 is 17.0 Å². The fourth-order valence-electron chi connectivity index (χ4n) is 2.85. The van der Waals surface area contributed by atoms with Crippen LogP contribution in [-0.2, 0) is 0 Å². The summed E-state index contributed by atoms with van der Waals surface area (Å²) < 4.78 is 0. The first-order chi connectivity index (χ1) is 9.25. The Hall–Kier alpha value is -1.52. The molecule has 0 aliphatic carbocycles. The molecule has 0 bridgehead atoms. The predicted octanol–water partition coefficient (Wildman–Crippen LogP) is 3.15. The topological polar surface area (TPSA) is 52.5 Å². The van der Waals surface area contributed by atoms with Gasteiger partial charge in [0.15, 0.2) is 11.5 Å². The van der Waals surface area contributed by atoms with Gasteiger partial charge in [0.25, 0.3) is 0 Å². The van der Waals surface area contributed by atoms with Crippen molar-refractivity contribution in [2.24, 2.45) is 0 Å². The molecule has 0 unspecified atom stereocenters. The number of rotatable bonds is 2. The van der Waals surface area contributed by atoms with Gasteiger partial charge in [-0.25, -0.2) is 0 Å². The molecule has 1 fully saturated rings. The van der Waals surface area contributed by atoms with Gasteiger partial charge < -0.3 is 15.5 Å². The number of benzene rings is 2. The molecule has 2 atom stereocenters. The molecule has 1 saturated heterocycles. The molecule has 1 aliphatic heterocycles. The lowest BCUT2D eigenvalue weighted by molar-refractivity contribution is 0.402. The smallest absolute Gasteiger partial charge is 0.157 e. The zero-order valence-electron chi connectivity index (χ0n) is 11.0. The van der Waals surface area contributed by atoms with Gasteiger partial charge in [-0.1, -0.05) is 36.4 Å². The molecule has 2 aromatic rings. The Morgan fingerprint density at radius 3 is 2.10 bits per heavy atom. The van der Waals surface area contributed by atoms with Crippen molar-refractivity contribution in [3.05, 3.63) is 59.7 Å². The molecular formula is C16H18BrNO2. The van der Waals surface area contributed by atoms with E-state index in [0.717, 1.165) is 18.7 Å². The van der Waals surface area contributed by atoms with Crippen molar-refractivity contribution in [2.75, 3.05) is 13.1 Å². The van der Waals surface area contributed by atoms with Crippen molar-refractivity contribution < 1.29 is 10.2 Å². The van der Waals surface area contributed by atoms with Crippen LogP contribution >= 0.6 is 17.0 Å². The second kappa shape index (κ2) is 6.29. The van der Waals surface area contributed by atoms with Gasteiger partial charge in [-0.05, 0) is 23.3 Å². The van der Waals surface area contributed by atoms with Gasteiger partial charge in [-0.15, -0.1) is 17.0 Å². The fourth-order valence-corrected chi connectivity index (χ4v) is 2.85. The first kappa shape index (κ1) is 14.9. The largest absolute Gasteiger partial charge is 0.504 e. The first-order valence-electron chi connectivity index (χ1n) is 6.53. The van der Waals surface area contributed by atoms with Crippen LogP contribution < -0.4 is 5.32 Å². The van der Waals surface area contributed by atoms with E-state index in [4.69, 9.17) is 0 Å². The number of phenols is 2. The van der Waals surface area contributed by atoms with E-state index in [0.29, 0.717) is 11.8 Å². The van der Waals surface area contributed by atoms with Gasteiger partial charge in [0.05, 0.1) is 0 Å². The van der Waals surface area contributed by atoms with E-state index < -0.39 is 0 Å². The molecular weight excluding hydrogens is 318 g/mol. The Morgan fingerprint density at radius 2 is 1.45 bits per heavy atom. The van der Waals surface area contributed by atoms with Gasteiger partial charge in [0, 0.05) is 24.9 Å². The third kappa shape index (κ3) is 2.81. The maximum Gasteiger partial charge on any atom is 0.157 e.